The van der Waals surface area contributed by atoms with Gasteiger partial charge in [-0.1, -0.05) is 6.92 Å². The number of nitrogens with zero attached hydrogens (tertiary/aromatic N) is 4. The van der Waals surface area contributed by atoms with Gasteiger partial charge in [0.1, 0.15) is 5.01 Å². The van der Waals surface area contributed by atoms with Crippen LogP contribution in [0.1, 0.15) is 25.3 Å². The van der Waals surface area contributed by atoms with E-state index in [0.717, 1.165) is 11.4 Å². The van der Waals surface area contributed by atoms with E-state index in [1.807, 2.05) is 31.5 Å². The van der Waals surface area contributed by atoms with Crippen molar-refractivity contribution in [2.45, 2.75) is 25.8 Å². The number of carbonyl (C=O) groups excluding carboxylic acids is 1. The molecule has 0 aliphatic heterocycles. The van der Waals surface area contributed by atoms with Crippen LogP contribution in [-0.4, -0.2) is 25.8 Å². The second kappa shape index (κ2) is 6.79. The van der Waals surface area contributed by atoms with Gasteiger partial charge in [-0.25, -0.2) is 19.4 Å². The molecular weight excluding hydrogens is 324 g/mol. The molecule has 1 unspecified atom stereocenters. The monoisotopic (exact) mass is 342 g/mol. The first-order valence-corrected chi connectivity index (χ1v) is 8.44. The molecule has 2 N–H and O–H groups in total. The lowest BCUT2D eigenvalue weighted by molar-refractivity contribution is 0.238. The van der Waals surface area contributed by atoms with Crippen LogP contribution in [0, 0.1) is 0 Å². The Kier molecular flexibility index (Phi) is 4.57. The highest BCUT2D eigenvalue weighted by Gasteiger charge is 2.29. The second-order valence-electron chi connectivity index (χ2n) is 5.46. The van der Waals surface area contributed by atoms with Crippen LogP contribution in [0.4, 0.5) is 10.5 Å². The predicted octanol–water partition coefficient (Wildman–Crippen LogP) is 3.17. The van der Waals surface area contributed by atoms with Gasteiger partial charge in [0.25, 0.3) is 0 Å². The minimum Gasteiger partial charge on any atom is -0.326 e. The molecule has 24 heavy (non-hydrogen) atoms. The van der Waals surface area contributed by atoms with E-state index in [0.29, 0.717) is 11.5 Å². The molecule has 3 aromatic rings. The minimum absolute atomic E-state index is 0.289. The molecule has 3 heterocycles. The van der Waals surface area contributed by atoms with Crippen LogP contribution >= 0.6 is 11.3 Å². The number of anilines is 1. The molecule has 3 aromatic heterocycles. The summed E-state index contributed by atoms with van der Waals surface area (Å²) in [5.74, 6) is 0.687. The third-order valence-electron chi connectivity index (χ3n) is 3.75. The molecule has 7 nitrogen and oxygen atoms in total. The molecule has 8 heteroatoms. The molecule has 0 aliphatic carbocycles. The second-order valence-corrected chi connectivity index (χ2v) is 6.35. The molecule has 124 valence electrons. The van der Waals surface area contributed by atoms with Gasteiger partial charge in [-0.15, -0.1) is 11.3 Å². The van der Waals surface area contributed by atoms with Crippen LogP contribution in [-0.2, 0) is 5.54 Å². The normalized spacial score (nSPS) is 13.2. The molecule has 0 radical (unpaired) electrons. The summed E-state index contributed by atoms with van der Waals surface area (Å²) in [4.78, 5) is 20.9. The maximum absolute atomic E-state index is 12.3. The van der Waals surface area contributed by atoms with Crippen molar-refractivity contribution in [2.24, 2.45) is 0 Å². The first-order chi connectivity index (χ1) is 11.6. The van der Waals surface area contributed by atoms with Gasteiger partial charge >= 0.3 is 6.03 Å². The molecule has 3 rings (SSSR count). The summed E-state index contributed by atoms with van der Waals surface area (Å²) in [7, 11) is 0. The highest BCUT2D eigenvalue weighted by Crippen LogP contribution is 2.26. The van der Waals surface area contributed by atoms with Crippen molar-refractivity contribution < 1.29 is 4.79 Å². The predicted molar refractivity (Wildman–Crippen MR) is 93.3 cm³/mol. The van der Waals surface area contributed by atoms with Crippen LogP contribution in [0.15, 0.2) is 48.4 Å². The quantitative estimate of drug-likeness (QED) is 0.746. The smallest absolute Gasteiger partial charge is 0.320 e. The summed E-state index contributed by atoms with van der Waals surface area (Å²) >= 11 is 1.53. The molecule has 0 aliphatic rings. The molecule has 2 amide bonds. The largest absolute Gasteiger partial charge is 0.326 e. The number of hydrogen-bond donors (Lipinski definition) is 2. The standard InChI is InChI=1S/C16H18N6OS/c1-3-16(2,14-17-8-10-24-14)21-15(23)20-12-5-6-13(18-11-12)22-9-4-7-19-22/h4-11H,3H2,1-2H3,(H2,20,21,23). The van der Waals surface area contributed by atoms with Gasteiger partial charge in [-0.05, 0) is 31.5 Å². The van der Waals surface area contributed by atoms with Gasteiger partial charge in [0.2, 0.25) is 0 Å². The molecule has 0 saturated carbocycles. The number of hydrogen-bond acceptors (Lipinski definition) is 5. The first kappa shape index (κ1) is 16.1. The van der Waals surface area contributed by atoms with Crippen molar-refractivity contribution in [3.63, 3.8) is 0 Å². The number of thiazole rings is 1. The van der Waals surface area contributed by atoms with Gasteiger partial charge in [-0.3, -0.25) is 0 Å². The van der Waals surface area contributed by atoms with Crippen LogP contribution in [0.25, 0.3) is 5.82 Å². The van der Waals surface area contributed by atoms with E-state index >= 15 is 0 Å². The molecule has 1 atom stereocenters. The fraction of sp³-hybridized carbons (Fsp3) is 0.250. The lowest BCUT2D eigenvalue weighted by atomic mass is 10.0. The van der Waals surface area contributed by atoms with E-state index in [1.165, 1.54) is 11.3 Å². The zero-order valence-corrected chi connectivity index (χ0v) is 14.2. The Balaban J connectivity index is 1.66. The average molecular weight is 342 g/mol. The zero-order valence-electron chi connectivity index (χ0n) is 13.4. The number of aromatic nitrogens is 4. The molecule has 0 bridgehead atoms. The summed E-state index contributed by atoms with van der Waals surface area (Å²) in [6, 6.07) is 5.12. The lowest BCUT2D eigenvalue weighted by Gasteiger charge is -2.27. The van der Waals surface area contributed by atoms with Gasteiger partial charge in [-0.2, -0.15) is 5.10 Å². The topological polar surface area (TPSA) is 84.7 Å². The summed E-state index contributed by atoms with van der Waals surface area (Å²) in [6.07, 6.45) is 7.58. The van der Waals surface area contributed by atoms with Crippen molar-refractivity contribution in [3.05, 3.63) is 53.4 Å². The highest BCUT2D eigenvalue weighted by atomic mass is 32.1. The maximum Gasteiger partial charge on any atom is 0.320 e. The Morgan fingerprint density at radius 3 is 2.79 bits per heavy atom. The van der Waals surface area contributed by atoms with Crippen molar-refractivity contribution in [3.8, 4) is 5.82 Å². The fourth-order valence-electron chi connectivity index (χ4n) is 2.20. The fourth-order valence-corrected chi connectivity index (χ4v) is 3.03. The Hall–Kier alpha value is -2.74. The molecule has 0 fully saturated rings. The Labute approximate surface area is 143 Å². The van der Waals surface area contributed by atoms with Crippen molar-refractivity contribution in [1.82, 2.24) is 25.1 Å². The van der Waals surface area contributed by atoms with E-state index < -0.39 is 5.54 Å². The Morgan fingerprint density at radius 2 is 2.21 bits per heavy atom. The number of pyridine rings is 1. The number of urea groups is 1. The Morgan fingerprint density at radius 1 is 1.33 bits per heavy atom. The van der Waals surface area contributed by atoms with Gasteiger partial charge in [0.05, 0.1) is 17.4 Å². The van der Waals surface area contributed by atoms with Crippen molar-refractivity contribution in [1.29, 1.82) is 0 Å². The van der Waals surface area contributed by atoms with E-state index in [1.54, 1.807) is 35.4 Å². The van der Waals surface area contributed by atoms with Crippen LogP contribution < -0.4 is 10.6 Å². The minimum atomic E-state index is -0.499. The van der Waals surface area contributed by atoms with Crippen LogP contribution in [0.5, 0.6) is 0 Å². The third kappa shape index (κ3) is 3.43. The van der Waals surface area contributed by atoms with Crippen molar-refractivity contribution >= 4 is 23.1 Å². The zero-order chi connectivity index (χ0) is 17.0. The van der Waals surface area contributed by atoms with Gasteiger partial charge in [0, 0.05) is 24.0 Å². The van der Waals surface area contributed by atoms with Gasteiger partial charge in [0.15, 0.2) is 5.82 Å². The summed E-state index contributed by atoms with van der Waals surface area (Å²) in [5.41, 5.74) is 0.113. The molecule has 0 aromatic carbocycles. The molecule has 0 spiro atoms. The first-order valence-electron chi connectivity index (χ1n) is 7.56. The van der Waals surface area contributed by atoms with Gasteiger partial charge < -0.3 is 10.6 Å². The van der Waals surface area contributed by atoms with E-state index in [2.05, 4.69) is 25.7 Å². The summed E-state index contributed by atoms with van der Waals surface area (Å²) in [5, 5.41) is 12.7. The highest BCUT2D eigenvalue weighted by molar-refractivity contribution is 7.09. The number of nitrogens with one attached hydrogen (secondary N) is 2. The Bertz CT molecular complexity index is 785. The summed E-state index contributed by atoms with van der Waals surface area (Å²) in [6.45, 7) is 3.98. The van der Waals surface area contributed by atoms with E-state index in [9.17, 15) is 4.79 Å². The lowest BCUT2D eigenvalue weighted by Crippen LogP contribution is -2.45. The number of amides is 2. The van der Waals surface area contributed by atoms with E-state index in [4.69, 9.17) is 0 Å². The summed E-state index contributed by atoms with van der Waals surface area (Å²) < 4.78 is 1.65. The number of rotatable bonds is 5. The SMILES string of the molecule is CCC(C)(NC(=O)Nc1ccc(-n2cccn2)nc1)c1nccs1. The third-order valence-corrected chi connectivity index (χ3v) is 4.78. The number of carbonyl (C=O) groups is 1. The van der Waals surface area contributed by atoms with E-state index in [-0.39, 0.29) is 6.03 Å². The van der Waals surface area contributed by atoms with Crippen molar-refractivity contribution in [2.75, 3.05) is 5.32 Å². The molecular formula is C16H18N6OS. The molecule has 0 saturated heterocycles. The maximum atomic E-state index is 12.3. The van der Waals surface area contributed by atoms with Crippen LogP contribution in [0.2, 0.25) is 0 Å². The van der Waals surface area contributed by atoms with Crippen LogP contribution in [0.3, 0.4) is 0 Å². The average Bonchev–Trinajstić information content (AvgIpc) is 3.29.